The Morgan fingerprint density at radius 3 is 2.60 bits per heavy atom. The van der Waals surface area contributed by atoms with Crippen molar-refractivity contribution in [3.8, 4) is 5.75 Å². The number of carbonyl (C=O) groups excluding carboxylic acids is 2. The van der Waals surface area contributed by atoms with Crippen LogP contribution in [0, 0.1) is 0 Å². The van der Waals surface area contributed by atoms with Gasteiger partial charge >= 0.3 is 0 Å². The van der Waals surface area contributed by atoms with E-state index in [1.165, 1.54) is 16.2 Å². The van der Waals surface area contributed by atoms with Crippen molar-refractivity contribution in [3.05, 3.63) is 44.7 Å². The van der Waals surface area contributed by atoms with E-state index in [1.54, 1.807) is 6.92 Å². The lowest BCUT2D eigenvalue weighted by Crippen LogP contribution is -2.41. The third kappa shape index (κ3) is 4.71. The van der Waals surface area contributed by atoms with Crippen LogP contribution in [-0.4, -0.2) is 49.1 Å². The van der Waals surface area contributed by atoms with Crippen molar-refractivity contribution >= 4 is 44.1 Å². The second-order valence-electron chi connectivity index (χ2n) is 7.52. The lowest BCUT2D eigenvalue weighted by Gasteiger charge is -2.28. The van der Waals surface area contributed by atoms with Crippen molar-refractivity contribution in [2.24, 2.45) is 0 Å². The predicted octanol–water partition coefficient (Wildman–Crippen LogP) is 4.27. The number of hydrogen-bond donors (Lipinski definition) is 1. The second kappa shape index (κ2) is 9.49. The molecule has 4 rings (SSSR count). The molecule has 2 aromatic rings. The van der Waals surface area contributed by atoms with Gasteiger partial charge in [0.2, 0.25) is 0 Å². The largest absolute Gasteiger partial charge is 0.481 e. The number of carbonyl (C=O) groups is 2. The monoisotopic (exact) mass is 492 g/mol. The number of nitrogens with zero attached hydrogens (tertiary/aromatic N) is 1. The third-order valence-corrected chi connectivity index (χ3v) is 7.15. The molecule has 0 unspecified atom stereocenters. The maximum Gasteiger partial charge on any atom is 0.265 e. The lowest BCUT2D eigenvalue weighted by atomic mass is 9.95. The van der Waals surface area contributed by atoms with Crippen LogP contribution in [0.2, 0.25) is 0 Å². The molecule has 8 heteroatoms. The lowest BCUT2D eigenvalue weighted by molar-refractivity contribution is -0.122. The summed E-state index contributed by atoms with van der Waals surface area (Å²) >= 11 is 4.93. The van der Waals surface area contributed by atoms with Gasteiger partial charge in [0.25, 0.3) is 11.8 Å². The summed E-state index contributed by atoms with van der Waals surface area (Å²) in [5.41, 5.74) is 1.78. The fourth-order valence-electron chi connectivity index (χ4n) is 3.79. The number of benzene rings is 1. The Morgan fingerprint density at radius 2 is 1.87 bits per heavy atom. The number of ether oxygens (including phenoxy) is 2. The topological polar surface area (TPSA) is 67.9 Å². The summed E-state index contributed by atoms with van der Waals surface area (Å²) in [4.78, 5) is 29.2. The van der Waals surface area contributed by atoms with E-state index < -0.39 is 6.10 Å². The fraction of sp³-hybridized carbons (Fsp3) is 0.455. The molecule has 1 aromatic heterocycles. The Balaban J connectivity index is 1.53. The van der Waals surface area contributed by atoms with Gasteiger partial charge < -0.3 is 19.7 Å². The second-order valence-corrected chi connectivity index (χ2v) is 9.54. The van der Waals surface area contributed by atoms with Crippen molar-refractivity contribution in [2.45, 2.75) is 38.7 Å². The number of morpholine rings is 1. The summed E-state index contributed by atoms with van der Waals surface area (Å²) in [5, 5.41) is 3.63. The van der Waals surface area contributed by atoms with E-state index in [0.717, 1.165) is 35.7 Å². The fourth-order valence-corrected chi connectivity index (χ4v) is 5.34. The highest BCUT2D eigenvalue weighted by atomic mass is 79.9. The SMILES string of the molecule is C[C@H](Oc1ccc(Br)cc1)C(=O)Nc1sc2c(c1C(=O)N1CCOCC1)CCCC2. The Morgan fingerprint density at radius 1 is 1.17 bits per heavy atom. The molecular formula is C22H25BrN2O4S. The van der Waals surface area contributed by atoms with E-state index in [4.69, 9.17) is 9.47 Å². The zero-order chi connectivity index (χ0) is 21.1. The molecule has 2 amide bonds. The first-order valence-corrected chi connectivity index (χ1v) is 11.9. The van der Waals surface area contributed by atoms with E-state index in [0.29, 0.717) is 42.6 Å². The molecule has 2 aliphatic rings. The van der Waals surface area contributed by atoms with Gasteiger partial charge in [0, 0.05) is 22.4 Å². The number of amides is 2. The minimum atomic E-state index is -0.684. The van der Waals surface area contributed by atoms with E-state index in [2.05, 4.69) is 21.2 Å². The van der Waals surface area contributed by atoms with Gasteiger partial charge in [-0.2, -0.15) is 0 Å². The van der Waals surface area contributed by atoms with Gasteiger partial charge in [0.05, 0.1) is 18.8 Å². The minimum Gasteiger partial charge on any atom is -0.481 e. The smallest absolute Gasteiger partial charge is 0.265 e. The van der Waals surface area contributed by atoms with Crippen LogP contribution >= 0.6 is 27.3 Å². The Kier molecular flexibility index (Phi) is 6.75. The first-order chi connectivity index (χ1) is 14.5. The summed E-state index contributed by atoms with van der Waals surface area (Å²) in [6, 6.07) is 7.36. The van der Waals surface area contributed by atoms with Gasteiger partial charge in [-0.05, 0) is 62.4 Å². The molecular weight excluding hydrogens is 468 g/mol. The van der Waals surface area contributed by atoms with Crippen LogP contribution in [0.3, 0.4) is 0 Å². The Hall–Kier alpha value is -1.90. The minimum absolute atomic E-state index is 0.00511. The number of anilines is 1. The normalized spacial score (nSPS) is 17.2. The van der Waals surface area contributed by atoms with Crippen molar-refractivity contribution in [3.63, 3.8) is 0 Å². The molecule has 1 aliphatic heterocycles. The predicted molar refractivity (Wildman–Crippen MR) is 121 cm³/mol. The van der Waals surface area contributed by atoms with Gasteiger partial charge in [-0.25, -0.2) is 0 Å². The quantitative estimate of drug-likeness (QED) is 0.676. The van der Waals surface area contributed by atoms with E-state index in [-0.39, 0.29) is 11.8 Å². The molecule has 30 heavy (non-hydrogen) atoms. The van der Waals surface area contributed by atoms with Crippen LogP contribution in [0.15, 0.2) is 28.7 Å². The van der Waals surface area contributed by atoms with Crippen LogP contribution in [-0.2, 0) is 22.4 Å². The van der Waals surface area contributed by atoms with Crippen LogP contribution in [0.25, 0.3) is 0 Å². The Bertz CT molecular complexity index is 922. The van der Waals surface area contributed by atoms with Crippen LogP contribution in [0.4, 0.5) is 5.00 Å². The molecule has 6 nitrogen and oxygen atoms in total. The molecule has 160 valence electrons. The highest BCUT2D eigenvalue weighted by Crippen LogP contribution is 2.39. The molecule has 1 N–H and O–H groups in total. The molecule has 0 spiro atoms. The highest BCUT2D eigenvalue weighted by molar-refractivity contribution is 9.10. The van der Waals surface area contributed by atoms with Crippen molar-refractivity contribution < 1.29 is 19.1 Å². The molecule has 1 aliphatic carbocycles. The molecule has 1 atom stereocenters. The maximum absolute atomic E-state index is 13.3. The van der Waals surface area contributed by atoms with Gasteiger partial charge in [-0.15, -0.1) is 11.3 Å². The third-order valence-electron chi connectivity index (χ3n) is 5.42. The summed E-state index contributed by atoms with van der Waals surface area (Å²) in [5.74, 6) is 0.359. The Labute approximate surface area is 188 Å². The number of halogens is 1. The van der Waals surface area contributed by atoms with Crippen molar-refractivity contribution in [1.29, 1.82) is 0 Å². The number of thiophene rings is 1. The maximum atomic E-state index is 13.3. The molecule has 0 bridgehead atoms. The number of hydrogen-bond acceptors (Lipinski definition) is 5. The summed E-state index contributed by atoms with van der Waals surface area (Å²) in [6.07, 6.45) is 3.36. The van der Waals surface area contributed by atoms with Gasteiger partial charge in [-0.3, -0.25) is 9.59 Å². The number of aryl methyl sites for hydroxylation is 1. The molecule has 0 radical (unpaired) electrons. The van der Waals surface area contributed by atoms with Crippen LogP contribution in [0.5, 0.6) is 5.75 Å². The van der Waals surface area contributed by atoms with E-state index >= 15 is 0 Å². The van der Waals surface area contributed by atoms with Crippen molar-refractivity contribution in [2.75, 3.05) is 31.6 Å². The van der Waals surface area contributed by atoms with E-state index in [1.807, 2.05) is 29.2 Å². The zero-order valence-electron chi connectivity index (χ0n) is 16.9. The highest BCUT2D eigenvalue weighted by Gasteiger charge is 2.30. The molecule has 0 saturated carbocycles. The zero-order valence-corrected chi connectivity index (χ0v) is 19.3. The molecule has 1 fully saturated rings. The molecule has 1 saturated heterocycles. The van der Waals surface area contributed by atoms with Gasteiger partial charge in [0.15, 0.2) is 6.10 Å². The number of rotatable bonds is 5. The van der Waals surface area contributed by atoms with Crippen molar-refractivity contribution in [1.82, 2.24) is 4.90 Å². The average molecular weight is 493 g/mol. The standard InChI is InChI=1S/C22H25BrN2O4S/c1-14(29-16-8-6-15(23)7-9-16)20(26)24-21-19(17-4-2-3-5-18(17)30-21)22(27)25-10-12-28-13-11-25/h6-9,14H,2-5,10-13H2,1H3,(H,24,26)/t14-/m0/s1. The summed E-state index contributed by atoms with van der Waals surface area (Å²) < 4.78 is 12.1. The summed E-state index contributed by atoms with van der Waals surface area (Å²) in [6.45, 7) is 3.99. The van der Waals surface area contributed by atoms with E-state index in [9.17, 15) is 9.59 Å². The molecule has 1 aromatic carbocycles. The number of nitrogens with one attached hydrogen (secondary N) is 1. The summed E-state index contributed by atoms with van der Waals surface area (Å²) in [7, 11) is 0. The average Bonchev–Trinajstić information content (AvgIpc) is 3.13. The molecule has 2 heterocycles. The first kappa shape index (κ1) is 21.3. The van der Waals surface area contributed by atoms with Crippen LogP contribution in [0.1, 0.15) is 40.6 Å². The number of fused-ring (bicyclic) bond motifs is 1. The van der Waals surface area contributed by atoms with Gasteiger partial charge in [0.1, 0.15) is 10.8 Å². The van der Waals surface area contributed by atoms with Gasteiger partial charge in [-0.1, -0.05) is 15.9 Å². The van der Waals surface area contributed by atoms with Crippen LogP contribution < -0.4 is 10.1 Å². The first-order valence-electron chi connectivity index (χ1n) is 10.3.